The summed E-state index contributed by atoms with van der Waals surface area (Å²) in [4.78, 5) is 12.7. The van der Waals surface area contributed by atoms with E-state index in [2.05, 4.69) is 15.7 Å². The van der Waals surface area contributed by atoms with Crippen LogP contribution in [0.5, 0.6) is 0 Å². The van der Waals surface area contributed by atoms with Crippen LogP contribution in [0, 0.1) is 17.6 Å². The van der Waals surface area contributed by atoms with Crippen LogP contribution in [0.4, 0.5) is 8.78 Å². The van der Waals surface area contributed by atoms with Crippen LogP contribution in [0.3, 0.4) is 0 Å². The summed E-state index contributed by atoms with van der Waals surface area (Å²) in [7, 11) is 0. The standard InChI is InChI=1S/C19H22F2N4O/c20-15-7-6-13(9-16(15)21)25-17-5-1-4-14(17)18(24-25)19(26)23-11-12-3-2-8-22-10-12/h6-7,9,12,22H,1-5,8,10-11H2,(H,23,26). The smallest absolute Gasteiger partial charge is 0.272 e. The Morgan fingerprint density at radius 3 is 2.92 bits per heavy atom. The number of halogens is 2. The summed E-state index contributed by atoms with van der Waals surface area (Å²) in [6.07, 6.45) is 4.73. The number of benzene rings is 1. The van der Waals surface area contributed by atoms with E-state index in [9.17, 15) is 13.6 Å². The third-order valence-electron chi connectivity index (χ3n) is 5.24. The molecule has 1 amide bonds. The zero-order valence-corrected chi connectivity index (χ0v) is 14.5. The Morgan fingerprint density at radius 2 is 2.15 bits per heavy atom. The highest BCUT2D eigenvalue weighted by molar-refractivity contribution is 5.94. The molecule has 4 rings (SSSR count). The van der Waals surface area contributed by atoms with Gasteiger partial charge in [-0.2, -0.15) is 5.10 Å². The highest BCUT2D eigenvalue weighted by atomic mass is 19.2. The number of hydrogen-bond donors (Lipinski definition) is 2. The summed E-state index contributed by atoms with van der Waals surface area (Å²) in [6, 6.07) is 3.69. The van der Waals surface area contributed by atoms with Gasteiger partial charge in [0, 0.05) is 23.9 Å². The molecule has 5 nitrogen and oxygen atoms in total. The number of piperidine rings is 1. The van der Waals surface area contributed by atoms with Gasteiger partial charge in [0.15, 0.2) is 17.3 Å². The van der Waals surface area contributed by atoms with Crippen molar-refractivity contribution in [2.45, 2.75) is 32.1 Å². The maximum absolute atomic E-state index is 13.6. The van der Waals surface area contributed by atoms with Gasteiger partial charge in [0.25, 0.3) is 5.91 Å². The van der Waals surface area contributed by atoms with Crippen LogP contribution in [0.1, 0.15) is 41.0 Å². The Hall–Kier alpha value is -2.28. The van der Waals surface area contributed by atoms with Gasteiger partial charge in [-0.05, 0) is 63.2 Å². The van der Waals surface area contributed by atoms with Gasteiger partial charge in [0.1, 0.15) is 0 Å². The first-order chi connectivity index (χ1) is 12.6. The first-order valence-electron chi connectivity index (χ1n) is 9.18. The second-order valence-electron chi connectivity index (χ2n) is 7.06. The van der Waals surface area contributed by atoms with E-state index in [1.807, 2.05) is 0 Å². The second-order valence-corrected chi connectivity index (χ2v) is 7.06. The normalized spacial score (nSPS) is 19.4. The zero-order valence-electron chi connectivity index (χ0n) is 14.5. The topological polar surface area (TPSA) is 59.0 Å². The average Bonchev–Trinajstić information content (AvgIpc) is 3.25. The fourth-order valence-electron chi connectivity index (χ4n) is 3.87. The van der Waals surface area contributed by atoms with Gasteiger partial charge >= 0.3 is 0 Å². The lowest BCUT2D eigenvalue weighted by Crippen LogP contribution is -2.38. The third-order valence-corrected chi connectivity index (χ3v) is 5.24. The molecule has 1 unspecified atom stereocenters. The molecule has 7 heteroatoms. The molecule has 0 spiro atoms. The molecule has 1 aliphatic heterocycles. The zero-order chi connectivity index (χ0) is 18.1. The number of hydrogen-bond acceptors (Lipinski definition) is 3. The fourth-order valence-corrected chi connectivity index (χ4v) is 3.87. The van der Waals surface area contributed by atoms with E-state index in [1.54, 1.807) is 4.68 Å². The maximum atomic E-state index is 13.6. The molecule has 2 aliphatic rings. The number of fused-ring (bicyclic) bond motifs is 1. The molecule has 1 aromatic heterocycles. The third kappa shape index (κ3) is 3.23. The number of nitrogens with one attached hydrogen (secondary N) is 2. The molecule has 26 heavy (non-hydrogen) atoms. The molecule has 1 atom stereocenters. The van der Waals surface area contributed by atoms with Gasteiger partial charge in [0.2, 0.25) is 0 Å². The van der Waals surface area contributed by atoms with Gasteiger partial charge in [-0.15, -0.1) is 0 Å². The molecule has 2 aromatic rings. The van der Waals surface area contributed by atoms with Crippen LogP contribution in [0.15, 0.2) is 18.2 Å². The van der Waals surface area contributed by atoms with Crippen LogP contribution < -0.4 is 10.6 Å². The van der Waals surface area contributed by atoms with Gasteiger partial charge in [-0.1, -0.05) is 0 Å². The first kappa shape index (κ1) is 17.1. The molecule has 0 radical (unpaired) electrons. The Labute approximate surface area is 150 Å². The van der Waals surface area contributed by atoms with Gasteiger partial charge in [-0.25, -0.2) is 13.5 Å². The van der Waals surface area contributed by atoms with Crippen LogP contribution >= 0.6 is 0 Å². The van der Waals surface area contributed by atoms with Gasteiger partial charge in [0.05, 0.1) is 5.69 Å². The Kier molecular flexibility index (Phi) is 4.72. The largest absolute Gasteiger partial charge is 0.350 e. The summed E-state index contributed by atoms with van der Waals surface area (Å²) < 4.78 is 28.4. The van der Waals surface area contributed by atoms with E-state index in [0.29, 0.717) is 23.8 Å². The minimum atomic E-state index is -0.916. The van der Waals surface area contributed by atoms with E-state index in [0.717, 1.165) is 68.6 Å². The molecule has 0 bridgehead atoms. The summed E-state index contributed by atoms with van der Waals surface area (Å²) in [5, 5.41) is 10.8. The van der Waals surface area contributed by atoms with Crippen LogP contribution in [0.2, 0.25) is 0 Å². The van der Waals surface area contributed by atoms with Gasteiger partial charge in [-0.3, -0.25) is 4.79 Å². The second kappa shape index (κ2) is 7.15. The lowest BCUT2D eigenvalue weighted by Gasteiger charge is -2.22. The minimum Gasteiger partial charge on any atom is -0.350 e. The quantitative estimate of drug-likeness (QED) is 0.880. The number of aromatic nitrogens is 2. The molecule has 1 fully saturated rings. The maximum Gasteiger partial charge on any atom is 0.272 e. The molecule has 138 valence electrons. The van der Waals surface area contributed by atoms with Crippen molar-refractivity contribution in [1.82, 2.24) is 20.4 Å². The molecule has 2 N–H and O–H groups in total. The van der Waals surface area contributed by atoms with Crippen molar-refractivity contribution >= 4 is 5.91 Å². The molecule has 0 saturated carbocycles. The average molecular weight is 360 g/mol. The van der Waals surface area contributed by atoms with Crippen LogP contribution in [-0.2, 0) is 12.8 Å². The van der Waals surface area contributed by atoms with E-state index >= 15 is 0 Å². The van der Waals surface area contributed by atoms with Crippen molar-refractivity contribution in [3.8, 4) is 5.69 Å². The molecule has 2 heterocycles. The molecular formula is C19H22F2N4O. The van der Waals surface area contributed by atoms with Crippen LogP contribution in [-0.4, -0.2) is 35.3 Å². The number of carbonyl (C=O) groups excluding carboxylic acids is 1. The van der Waals surface area contributed by atoms with E-state index in [4.69, 9.17) is 0 Å². The van der Waals surface area contributed by atoms with E-state index in [1.165, 1.54) is 6.07 Å². The molecule has 1 saturated heterocycles. The predicted molar refractivity (Wildman–Crippen MR) is 93.4 cm³/mol. The minimum absolute atomic E-state index is 0.185. The van der Waals surface area contributed by atoms with Crippen molar-refractivity contribution in [1.29, 1.82) is 0 Å². The van der Waals surface area contributed by atoms with Crippen molar-refractivity contribution < 1.29 is 13.6 Å². The lowest BCUT2D eigenvalue weighted by molar-refractivity contribution is 0.0938. The number of rotatable bonds is 4. The van der Waals surface area contributed by atoms with E-state index in [-0.39, 0.29) is 5.91 Å². The SMILES string of the molecule is O=C(NCC1CCCNC1)c1nn(-c2ccc(F)c(F)c2)c2c1CCC2. The molecule has 1 aliphatic carbocycles. The van der Waals surface area contributed by atoms with Crippen LogP contribution in [0.25, 0.3) is 5.69 Å². The Morgan fingerprint density at radius 1 is 1.27 bits per heavy atom. The Bertz CT molecular complexity index is 827. The fraction of sp³-hybridized carbons (Fsp3) is 0.474. The summed E-state index contributed by atoms with van der Waals surface area (Å²) in [6.45, 7) is 2.58. The predicted octanol–water partition coefficient (Wildman–Crippen LogP) is 2.37. The lowest BCUT2D eigenvalue weighted by atomic mass is 10.00. The van der Waals surface area contributed by atoms with Crippen molar-refractivity contribution in [2.24, 2.45) is 5.92 Å². The van der Waals surface area contributed by atoms with Crippen molar-refractivity contribution in [2.75, 3.05) is 19.6 Å². The van der Waals surface area contributed by atoms with Crippen molar-refractivity contribution in [3.05, 3.63) is 46.8 Å². The summed E-state index contributed by atoms with van der Waals surface area (Å²) >= 11 is 0. The number of carbonyl (C=O) groups is 1. The molecule has 1 aromatic carbocycles. The first-order valence-corrected chi connectivity index (χ1v) is 9.18. The summed E-state index contributed by atoms with van der Waals surface area (Å²) in [5.41, 5.74) is 2.69. The van der Waals surface area contributed by atoms with E-state index < -0.39 is 11.6 Å². The van der Waals surface area contributed by atoms with Crippen molar-refractivity contribution in [3.63, 3.8) is 0 Å². The highest BCUT2D eigenvalue weighted by Gasteiger charge is 2.27. The number of nitrogens with zero attached hydrogens (tertiary/aromatic N) is 2. The summed E-state index contributed by atoms with van der Waals surface area (Å²) in [5.74, 6) is -1.55. The monoisotopic (exact) mass is 360 g/mol. The Balaban J connectivity index is 1.57. The number of amides is 1. The van der Waals surface area contributed by atoms with Gasteiger partial charge < -0.3 is 10.6 Å². The molecular weight excluding hydrogens is 338 g/mol. The highest BCUT2D eigenvalue weighted by Crippen LogP contribution is 2.28.